The maximum absolute atomic E-state index is 11.6. The fourth-order valence-electron chi connectivity index (χ4n) is 1.62. The highest BCUT2D eigenvalue weighted by Crippen LogP contribution is 2.25. The number of hydrazine groups is 1. The smallest absolute Gasteiger partial charge is 0.276 e. The molecule has 0 fully saturated rings. The Morgan fingerprint density at radius 3 is 2.83 bits per heavy atom. The van der Waals surface area contributed by atoms with Gasteiger partial charge in [-0.2, -0.15) is 0 Å². The second kappa shape index (κ2) is 8.19. The second-order valence-electron chi connectivity index (χ2n) is 4.61. The van der Waals surface area contributed by atoms with Crippen molar-refractivity contribution in [2.75, 3.05) is 6.61 Å². The lowest BCUT2D eigenvalue weighted by Crippen LogP contribution is -2.43. The van der Waals surface area contributed by atoms with Gasteiger partial charge in [0.15, 0.2) is 6.61 Å². The standard InChI is InChI=1S/C16H15BrN2O4/c1-11-4-6-14(13(17)9-11)23-10-16(21)19-18-15(20)7-5-12-3-2-8-22-12/h2-9H,10H2,1H3,(H,18,20)(H,19,21)/b7-5+. The molecule has 0 aliphatic carbocycles. The maximum Gasteiger partial charge on any atom is 0.276 e. The number of hydrogen-bond acceptors (Lipinski definition) is 4. The number of furan rings is 1. The van der Waals surface area contributed by atoms with Crippen LogP contribution in [0.5, 0.6) is 5.75 Å². The monoisotopic (exact) mass is 378 g/mol. The molecule has 6 nitrogen and oxygen atoms in total. The summed E-state index contributed by atoms with van der Waals surface area (Å²) in [5.74, 6) is 0.136. The van der Waals surface area contributed by atoms with Crippen molar-refractivity contribution in [2.45, 2.75) is 6.92 Å². The third-order valence-electron chi connectivity index (χ3n) is 2.71. The van der Waals surface area contributed by atoms with Gasteiger partial charge in [-0.15, -0.1) is 0 Å². The first-order valence-electron chi connectivity index (χ1n) is 6.74. The summed E-state index contributed by atoms with van der Waals surface area (Å²) < 4.78 is 11.2. The van der Waals surface area contributed by atoms with Gasteiger partial charge < -0.3 is 9.15 Å². The van der Waals surface area contributed by atoms with Gasteiger partial charge in [-0.3, -0.25) is 20.4 Å². The van der Waals surface area contributed by atoms with Crippen LogP contribution in [0.4, 0.5) is 0 Å². The van der Waals surface area contributed by atoms with Crippen molar-refractivity contribution in [1.29, 1.82) is 0 Å². The molecule has 2 amide bonds. The van der Waals surface area contributed by atoms with Crippen LogP contribution < -0.4 is 15.6 Å². The van der Waals surface area contributed by atoms with E-state index in [2.05, 4.69) is 26.8 Å². The molecule has 1 aromatic heterocycles. The fourth-order valence-corrected chi connectivity index (χ4v) is 2.23. The van der Waals surface area contributed by atoms with Gasteiger partial charge in [0, 0.05) is 6.08 Å². The van der Waals surface area contributed by atoms with Crippen LogP contribution in [-0.2, 0) is 9.59 Å². The number of amides is 2. The summed E-state index contributed by atoms with van der Waals surface area (Å²) in [6.45, 7) is 1.73. The zero-order chi connectivity index (χ0) is 16.7. The topological polar surface area (TPSA) is 80.6 Å². The lowest BCUT2D eigenvalue weighted by molar-refractivity contribution is -0.128. The minimum Gasteiger partial charge on any atom is -0.483 e. The number of ether oxygens (including phenoxy) is 1. The van der Waals surface area contributed by atoms with E-state index in [9.17, 15) is 9.59 Å². The molecule has 0 radical (unpaired) electrons. The minimum atomic E-state index is -0.480. The van der Waals surface area contributed by atoms with E-state index in [0.29, 0.717) is 11.5 Å². The van der Waals surface area contributed by atoms with Gasteiger partial charge in [-0.25, -0.2) is 0 Å². The van der Waals surface area contributed by atoms with E-state index >= 15 is 0 Å². The number of rotatable bonds is 5. The van der Waals surface area contributed by atoms with Crippen molar-refractivity contribution >= 4 is 33.8 Å². The molecule has 120 valence electrons. The first-order chi connectivity index (χ1) is 11.0. The largest absolute Gasteiger partial charge is 0.483 e. The summed E-state index contributed by atoms with van der Waals surface area (Å²) in [4.78, 5) is 23.1. The minimum absolute atomic E-state index is 0.218. The molecule has 0 bridgehead atoms. The van der Waals surface area contributed by atoms with E-state index in [0.717, 1.165) is 10.0 Å². The van der Waals surface area contributed by atoms with Crippen molar-refractivity contribution in [3.63, 3.8) is 0 Å². The Morgan fingerprint density at radius 1 is 1.30 bits per heavy atom. The van der Waals surface area contributed by atoms with E-state index in [1.54, 1.807) is 18.2 Å². The zero-order valence-electron chi connectivity index (χ0n) is 12.3. The third-order valence-corrected chi connectivity index (χ3v) is 3.33. The van der Waals surface area contributed by atoms with Crippen LogP contribution in [0.2, 0.25) is 0 Å². The molecule has 0 aliphatic heterocycles. The Labute approximate surface area is 141 Å². The molecule has 0 saturated heterocycles. The van der Waals surface area contributed by atoms with Crippen molar-refractivity contribution in [2.24, 2.45) is 0 Å². The molecule has 23 heavy (non-hydrogen) atoms. The van der Waals surface area contributed by atoms with Gasteiger partial charge in [0.2, 0.25) is 0 Å². The predicted molar refractivity (Wildman–Crippen MR) is 88.4 cm³/mol. The second-order valence-corrected chi connectivity index (χ2v) is 5.46. The van der Waals surface area contributed by atoms with Crippen molar-refractivity contribution < 1.29 is 18.7 Å². The average molecular weight is 379 g/mol. The lowest BCUT2D eigenvalue weighted by atomic mass is 10.2. The Kier molecular flexibility index (Phi) is 5.99. The number of benzene rings is 1. The van der Waals surface area contributed by atoms with Crippen LogP contribution in [0.3, 0.4) is 0 Å². The summed E-state index contributed by atoms with van der Waals surface area (Å²) in [5, 5.41) is 0. The summed E-state index contributed by atoms with van der Waals surface area (Å²) in [5.41, 5.74) is 5.57. The first kappa shape index (κ1) is 16.8. The number of aryl methyl sites for hydroxylation is 1. The van der Waals surface area contributed by atoms with Gasteiger partial charge in [-0.05, 0) is 58.8 Å². The molecule has 1 heterocycles. The number of halogens is 1. The Hall–Kier alpha value is -2.54. The molecule has 2 rings (SSSR count). The highest BCUT2D eigenvalue weighted by molar-refractivity contribution is 9.10. The van der Waals surface area contributed by atoms with E-state index in [1.165, 1.54) is 18.4 Å². The van der Waals surface area contributed by atoms with Gasteiger partial charge >= 0.3 is 0 Å². The first-order valence-corrected chi connectivity index (χ1v) is 7.53. The molecule has 0 saturated carbocycles. The molecule has 0 unspecified atom stereocenters. The summed E-state index contributed by atoms with van der Waals surface area (Å²) >= 11 is 3.35. The maximum atomic E-state index is 11.6. The quantitative estimate of drug-likeness (QED) is 0.618. The molecular formula is C16H15BrN2O4. The van der Waals surface area contributed by atoms with Crippen molar-refractivity contribution in [3.8, 4) is 5.75 Å². The van der Waals surface area contributed by atoms with E-state index in [4.69, 9.17) is 9.15 Å². The normalized spacial score (nSPS) is 10.5. The van der Waals surface area contributed by atoms with Crippen LogP contribution in [0.1, 0.15) is 11.3 Å². The van der Waals surface area contributed by atoms with Crippen molar-refractivity contribution in [3.05, 3.63) is 58.5 Å². The SMILES string of the molecule is Cc1ccc(OCC(=O)NNC(=O)/C=C/c2ccco2)c(Br)c1. The average Bonchev–Trinajstić information content (AvgIpc) is 3.03. The molecule has 0 atom stereocenters. The summed E-state index contributed by atoms with van der Waals surface area (Å²) in [7, 11) is 0. The molecule has 2 aromatic rings. The third kappa shape index (κ3) is 5.63. The van der Waals surface area contributed by atoms with Crippen LogP contribution in [0, 0.1) is 6.92 Å². The van der Waals surface area contributed by atoms with Gasteiger partial charge in [0.25, 0.3) is 11.8 Å². The van der Waals surface area contributed by atoms with Gasteiger partial charge in [-0.1, -0.05) is 6.07 Å². The number of hydrogen-bond donors (Lipinski definition) is 2. The predicted octanol–water partition coefficient (Wildman–Crippen LogP) is 2.59. The summed E-state index contributed by atoms with van der Waals surface area (Å²) in [6.07, 6.45) is 4.23. The fraction of sp³-hybridized carbons (Fsp3) is 0.125. The zero-order valence-corrected chi connectivity index (χ0v) is 13.9. The molecule has 7 heteroatoms. The molecule has 2 N–H and O–H groups in total. The highest BCUT2D eigenvalue weighted by atomic mass is 79.9. The Balaban J connectivity index is 1.73. The number of nitrogens with one attached hydrogen (secondary N) is 2. The van der Waals surface area contributed by atoms with Crippen LogP contribution >= 0.6 is 15.9 Å². The Bertz CT molecular complexity index is 711. The van der Waals surface area contributed by atoms with Crippen LogP contribution in [0.15, 0.2) is 51.6 Å². The molecular weight excluding hydrogens is 364 g/mol. The van der Waals surface area contributed by atoms with Crippen LogP contribution in [-0.4, -0.2) is 18.4 Å². The van der Waals surface area contributed by atoms with Gasteiger partial charge in [0.05, 0.1) is 10.7 Å². The van der Waals surface area contributed by atoms with Gasteiger partial charge in [0.1, 0.15) is 11.5 Å². The number of carbonyl (C=O) groups is 2. The lowest BCUT2D eigenvalue weighted by Gasteiger charge is -2.09. The highest BCUT2D eigenvalue weighted by Gasteiger charge is 2.06. The van der Waals surface area contributed by atoms with E-state index in [-0.39, 0.29) is 6.61 Å². The van der Waals surface area contributed by atoms with Crippen molar-refractivity contribution in [1.82, 2.24) is 10.9 Å². The van der Waals surface area contributed by atoms with Crippen LogP contribution in [0.25, 0.3) is 6.08 Å². The number of carbonyl (C=O) groups excluding carboxylic acids is 2. The van der Waals surface area contributed by atoms with E-state index < -0.39 is 11.8 Å². The molecule has 1 aromatic carbocycles. The Morgan fingerprint density at radius 2 is 2.13 bits per heavy atom. The molecule has 0 aliphatic rings. The molecule has 0 spiro atoms. The van der Waals surface area contributed by atoms with E-state index in [1.807, 2.05) is 19.1 Å². The summed E-state index contributed by atoms with van der Waals surface area (Å²) in [6, 6.07) is 8.93.